The van der Waals surface area contributed by atoms with Crippen molar-refractivity contribution >= 4 is 17.5 Å². The zero-order valence-electron chi connectivity index (χ0n) is 14.7. The summed E-state index contributed by atoms with van der Waals surface area (Å²) in [5.74, 6) is 1.56. The topological polar surface area (TPSA) is 72.1 Å². The molecule has 1 aliphatic heterocycles. The Kier molecular flexibility index (Phi) is 5.16. The van der Waals surface area contributed by atoms with Gasteiger partial charge in [0, 0.05) is 36.9 Å². The molecule has 0 aliphatic carbocycles. The maximum atomic E-state index is 12.6. The number of likely N-dealkylation sites (tertiary alicyclic amines) is 1. The summed E-state index contributed by atoms with van der Waals surface area (Å²) in [7, 11) is 0. The Morgan fingerprint density at radius 3 is 2.74 bits per heavy atom. The number of hydrogen-bond donors (Lipinski definition) is 0. The van der Waals surface area contributed by atoms with Gasteiger partial charge in [-0.25, -0.2) is 15.0 Å². The monoisotopic (exact) mass is 382 g/mol. The van der Waals surface area contributed by atoms with Crippen LogP contribution in [0.25, 0.3) is 0 Å². The van der Waals surface area contributed by atoms with Crippen LogP contribution in [0.15, 0.2) is 53.6 Å². The number of hydrogen-bond acceptors (Lipinski definition) is 5. The summed E-state index contributed by atoms with van der Waals surface area (Å²) in [5, 5.41) is 0.716. The summed E-state index contributed by atoms with van der Waals surface area (Å²) in [6.07, 6.45) is 8.83. The average molecular weight is 383 g/mol. The van der Waals surface area contributed by atoms with E-state index in [4.69, 9.17) is 16.0 Å². The van der Waals surface area contributed by atoms with E-state index in [0.717, 1.165) is 30.7 Å². The molecule has 1 fully saturated rings. The highest BCUT2D eigenvalue weighted by molar-refractivity contribution is 6.30. The fourth-order valence-corrected chi connectivity index (χ4v) is 3.48. The van der Waals surface area contributed by atoms with Gasteiger partial charge in [0.2, 0.25) is 0 Å². The third kappa shape index (κ3) is 4.17. The Bertz CT molecular complexity index is 911. The Labute approximate surface area is 162 Å². The first-order valence-corrected chi connectivity index (χ1v) is 9.30. The van der Waals surface area contributed by atoms with Crippen LogP contribution in [0.4, 0.5) is 0 Å². The molecule has 3 heterocycles. The molecule has 1 aromatic carbocycles. The molecule has 0 unspecified atom stereocenters. The second-order valence-corrected chi connectivity index (χ2v) is 7.12. The molecule has 138 valence electrons. The van der Waals surface area contributed by atoms with E-state index in [-0.39, 0.29) is 11.8 Å². The predicted molar refractivity (Wildman–Crippen MR) is 101 cm³/mol. The van der Waals surface area contributed by atoms with E-state index in [2.05, 4.69) is 15.0 Å². The summed E-state index contributed by atoms with van der Waals surface area (Å²) >= 11 is 5.93. The Hall–Kier alpha value is -2.73. The zero-order chi connectivity index (χ0) is 18.6. The second-order valence-electron chi connectivity index (χ2n) is 6.69. The minimum Gasteiger partial charge on any atom is -0.445 e. The molecule has 27 heavy (non-hydrogen) atoms. The van der Waals surface area contributed by atoms with E-state index >= 15 is 0 Å². The minimum absolute atomic E-state index is 0.0479. The number of rotatable bonds is 4. The van der Waals surface area contributed by atoms with E-state index in [1.807, 2.05) is 29.2 Å². The predicted octanol–water partition coefficient (Wildman–Crippen LogP) is 3.73. The summed E-state index contributed by atoms with van der Waals surface area (Å²) in [6.45, 7) is 1.32. The van der Waals surface area contributed by atoms with Gasteiger partial charge in [0.15, 0.2) is 5.89 Å². The van der Waals surface area contributed by atoms with Gasteiger partial charge >= 0.3 is 0 Å². The maximum absolute atomic E-state index is 12.6. The van der Waals surface area contributed by atoms with Crippen LogP contribution < -0.4 is 0 Å². The number of nitrogens with zero attached hydrogens (tertiary/aromatic N) is 4. The van der Waals surface area contributed by atoms with Crippen molar-refractivity contribution in [3.63, 3.8) is 0 Å². The van der Waals surface area contributed by atoms with Gasteiger partial charge < -0.3 is 9.32 Å². The molecule has 6 nitrogen and oxygen atoms in total. The molecule has 7 heteroatoms. The highest BCUT2D eigenvalue weighted by Gasteiger charge is 2.28. The molecule has 1 aliphatic rings. The molecule has 1 amide bonds. The van der Waals surface area contributed by atoms with Crippen LogP contribution in [0.3, 0.4) is 0 Å². The minimum atomic E-state index is -0.0479. The third-order valence-corrected chi connectivity index (χ3v) is 4.98. The van der Waals surface area contributed by atoms with Crippen molar-refractivity contribution < 1.29 is 9.21 Å². The molecule has 3 aromatic rings. The summed E-state index contributed by atoms with van der Waals surface area (Å²) in [6, 6.07) is 7.69. The summed E-state index contributed by atoms with van der Waals surface area (Å²) in [4.78, 5) is 26.8. The second kappa shape index (κ2) is 7.88. The van der Waals surface area contributed by atoms with Crippen molar-refractivity contribution in [2.45, 2.75) is 25.2 Å². The quantitative estimate of drug-likeness (QED) is 0.687. The lowest BCUT2D eigenvalue weighted by Crippen LogP contribution is -2.39. The van der Waals surface area contributed by atoms with Gasteiger partial charge in [-0.2, -0.15) is 0 Å². The van der Waals surface area contributed by atoms with E-state index < -0.39 is 0 Å². The van der Waals surface area contributed by atoms with Crippen molar-refractivity contribution in [1.82, 2.24) is 19.9 Å². The number of carbonyl (C=O) groups excluding carboxylic acids is 1. The Morgan fingerprint density at radius 2 is 1.96 bits per heavy atom. The first kappa shape index (κ1) is 17.7. The first-order chi connectivity index (χ1) is 13.2. The number of benzene rings is 1. The molecule has 0 N–H and O–H groups in total. The molecule has 0 radical (unpaired) electrons. The van der Waals surface area contributed by atoms with Crippen LogP contribution in [-0.4, -0.2) is 38.8 Å². The van der Waals surface area contributed by atoms with Crippen molar-refractivity contribution in [3.05, 3.63) is 77.0 Å². The molecule has 0 bridgehead atoms. The van der Waals surface area contributed by atoms with Gasteiger partial charge in [-0.15, -0.1) is 0 Å². The summed E-state index contributed by atoms with van der Waals surface area (Å²) in [5.41, 5.74) is 1.63. The van der Waals surface area contributed by atoms with Gasteiger partial charge in [-0.05, 0) is 30.5 Å². The smallest absolute Gasteiger partial charge is 0.257 e. The number of halogens is 1. The van der Waals surface area contributed by atoms with Crippen LogP contribution in [0, 0.1) is 0 Å². The molecule has 4 rings (SSSR count). The maximum Gasteiger partial charge on any atom is 0.257 e. The van der Waals surface area contributed by atoms with Crippen molar-refractivity contribution in [2.24, 2.45) is 0 Å². The van der Waals surface area contributed by atoms with Gasteiger partial charge in [0.25, 0.3) is 5.91 Å². The van der Waals surface area contributed by atoms with Crippen molar-refractivity contribution in [1.29, 1.82) is 0 Å². The molecule has 0 spiro atoms. The van der Waals surface area contributed by atoms with Crippen molar-refractivity contribution in [2.75, 3.05) is 13.1 Å². The molecule has 1 atom stereocenters. The molecular weight excluding hydrogens is 364 g/mol. The number of piperidine rings is 1. The fourth-order valence-electron chi connectivity index (χ4n) is 3.35. The van der Waals surface area contributed by atoms with Crippen LogP contribution in [0.2, 0.25) is 5.02 Å². The van der Waals surface area contributed by atoms with Gasteiger partial charge in [0.05, 0.1) is 17.7 Å². The van der Waals surface area contributed by atoms with E-state index in [1.165, 1.54) is 6.33 Å². The zero-order valence-corrected chi connectivity index (χ0v) is 15.5. The standard InChI is InChI=1S/C20H19ClN4O2/c21-17-5-3-14(4-6-17)8-18-11-24-19(27-18)15-2-1-7-25(12-15)20(26)16-9-22-13-23-10-16/h3-6,9-11,13,15H,1-2,7-8,12H2/t15-/m1/s1. The van der Waals surface area contributed by atoms with Crippen LogP contribution in [0.1, 0.15) is 46.3 Å². The molecule has 0 saturated carbocycles. The SMILES string of the molecule is O=C(c1cncnc1)N1CCC[C@@H](c2ncc(Cc3ccc(Cl)cc3)o2)C1. The Balaban J connectivity index is 1.43. The third-order valence-electron chi connectivity index (χ3n) is 4.73. The lowest BCUT2D eigenvalue weighted by Gasteiger charge is -2.31. The van der Waals surface area contributed by atoms with E-state index in [1.54, 1.807) is 18.6 Å². The molecule has 1 saturated heterocycles. The molecule has 2 aromatic heterocycles. The number of carbonyl (C=O) groups is 1. The van der Waals surface area contributed by atoms with Gasteiger partial charge in [-0.1, -0.05) is 23.7 Å². The highest BCUT2D eigenvalue weighted by Crippen LogP contribution is 2.28. The lowest BCUT2D eigenvalue weighted by molar-refractivity contribution is 0.0697. The average Bonchev–Trinajstić information content (AvgIpc) is 3.18. The largest absolute Gasteiger partial charge is 0.445 e. The van der Waals surface area contributed by atoms with Crippen LogP contribution in [-0.2, 0) is 6.42 Å². The number of amides is 1. The van der Waals surface area contributed by atoms with Crippen molar-refractivity contribution in [3.8, 4) is 0 Å². The highest BCUT2D eigenvalue weighted by atomic mass is 35.5. The van der Waals surface area contributed by atoms with Crippen LogP contribution >= 0.6 is 11.6 Å². The lowest BCUT2D eigenvalue weighted by atomic mass is 9.97. The summed E-state index contributed by atoms with van der Waals surface area (Å²) < 4.78 is 5.98. The normalized spacial score (nSPS) is 17.1. The van der Waals surface area contributed by atoms with Gasteiger partial charge in [-0.3, -0.25) is 4.79 Å². The molecular formula is C20H19ClN4O2. The van der Waals surface area contributed by atoms with E-state index in [0.29, 0.717) is 29.4 Å². The first-order valence-electron chi connectivity index (χ1n) is 8.92. The number of oxazole rings is 1. The van der Waals surface area contributed by atoms with Gasteiger partial charge in [0.1, 0.15) is 12.1 Å². The Morgan fingerprint density at radius 1 is 1.19 bits per heavy atom. The van der Waals surface area contributed by atoms with E-state index in [9.17, 15) is 4.79 Å². The fraction of sp³-hybridized carbons (Fsp3) is 0.300. The number of aromatic nitrogens is 3. The van der Waals surface area contributed by atoms with Crippen LogP contribution in [0.5, 0.6) is 0 Å².